The Hall–Kier alpha value is -7.24. The van der Waals surface area contributed by atoms with Crippen molar-refractivity contribution in [3.63, 3.8) is 0 Å². The molecule has 2 aliphatic heterocycles. The maximum atomic E-state index is 7.03. The van der Waals surface area contributed by atoms with Crippen molar-refractivity contribution in [3.8, 4) is 16.8 Å². The summed E-state index contributed by atoms with van der Waals surface area (Å²) in [5.74, 6) is 0. The normalized spacial score (nSPS) is 14.5. The van der Waals surface area contributed by atoms with E-state index in [1.54, 1.807) is 0 Å². The number of para-hydroxylation sites is 2. The summed E-state index contributed by atoms with van der Waals surface area (Å²) >= 11 is 0. The summed E-state index contributed by atoms with van der Waals surface area (Å²) in [5, 5.41) is 3.59. The largest absolute Gasteiger partial charge is 0.454 e. The van der Waals surface area contributed by atoms with Crippen LogP contribution in [-0.2, 0) is 21.7 Å². The van der Waals surface area contributed by atoms with Crippen LogP contribution < -0.4 is 26.2 Å². The molecule has 0 atom stereocenters. The molecule has 4 heterocycles. The van der Waals surface area contributed by atoms with Crippen molar-refractivity contribution in [3.05, 3.63) is 190 Å². The third-order valence-corrected chi connectivity index (χ3v) is 16.8. The molecule has 0 amide bonds. The molecular formula is C68H66BN3O. The third-order valence-electron chi connectivity index (χ3n) is 16.8. The van der Waals surface area contributed by atoms with E-state index >= 15 is 0 Å². The second-order valence-corrected chi connectivity index (χ2v) is 25.3. The molecule has 8 aromatic carbocycles. The van der Waals surface area contributed by atoms with E-state index in [9.17, 15) is 0 Å². The van der Waals surface area contributed by atoms with E-state index in [2.05, 4.69) is 257 Å². The van der Waals surface area contributed by atoms with Gasteiger partial charge in [-0.15, -0.1) is 0 Å². The van der Waals surface area contributed by atoms with Gasteiger partial charge in [0.1, 0.15) is 5.58 Å². The SMILES string of the molecule is Cc1cc2c3c(c1)-n1c4c(c5cc(C(C)(C)C)cc(c51)B3c1ccc(N(c3ccc(C(C)(C)C)cc3C)c3ccc(C(C)(C)C)cc3C)cc1N2c1cccc2c1oc1ccccc12)-c1ccccc1C4(C)C. The summed E-state index contributed by atoms with van der Waals surface area (Å²) in [7, 11) is 0. The summed E-state index contributed by atoms with van der Waals surface area (Å²) in [5.41, 5.74) is 28.2. The van der Waals surface area contributed by atoms with Gasteiger partial charge in [0.15, 0.2) is 5.58 Å². The molecule has 10 aromatic rings. The smallest absolute Gasteiger partial charge is 0.252 e. The van der Waals surface area contributed by atoms with Crippen molar-refractivity contribution < 1.29 is 4.42 Å². The summed E-state index contributed by atoms with van der Waals surface area (Å²) in [4.78, 5) is 5.09. The van der Waals surface area contributed by atoms with Gasteiger partial charge < -0.3 is 18.8 Å². The van der Waals surface area contributed by atoms with Gasteiger partial charge in [-0.25, -0.2) is 0 Å². The lowest BCUT2D eigenvalue weighted by atomic mass is 9.33. The second kappa shape index (κ2) is 15.2. The Bertz CT molecular complexity index is 3940. The zero-order chi connectivity index (χ0) is 51.0. The van der Waals surface area contributed by atoms with Crippen LogP contribution in [0.1, 0.15) is 121 Å². The summed E-state index contributed by atoms with van der Waals surface area (Å²) < 4.78 is 9.73. The Kier molecular flexibility index (Phi) is 9.48. The number of fused-ring (bicyclic) bond motifs is 12. The number of furan rings is 1. The Morgan fingerprint density at radius 1 is 0.521 bits per heavy atom. The predicted octanol–water partition coefficient (Wildman–Crippen LogP) is 16.7. The summed E-state index contributed by atoms with van der Waals surface area (Å²) in [6, 6.07) is 56.0. The van der Waals surface area contributed by atoms with Gasteiger partial charge in [-0.1, -0.05) is 167 Å². The Morgan fingerprint density at radius 3 is 1.82 bits per heavy atom. The Labute approximate surface area is 432 Å². The van der Waals surface area contributed by atoms with E-state index in [1.807, 2.05) is 0 Å². The van der Waals surface area contributed by atoms with Crippen molar-refractivity contribution >= 4 is 90.1 Å². The van der Waals surface area contributed by atoms with E-state index in [-0.39, 0.29) is 28.4 Å². The van der Waals surface area contributed by atoms with Crippen LogP contribution in [0.4, 0.5) is 34.1 Å². The molecule has 0 bridgehead atoms. The minimum atomic E-state index is -0.232. The topological polar surface area (TPSA) is 24.6 Å². The number of benzene rings is 8. The molecule has 1 aliphatic carbocycles. The van der Waals surface area contributed by atoms with Crippen molar-refractivity contribution in [2.45, 2.75) is 119 Å². The maximum absolute atomic E-state index is 7.03. The van der Waals surface area contributed by atoms with Crippen LogP contribution in [0, 0.1) is 20.8 Å². The molecular weight excluding hydrogens is 886 g/mol. The first-order chi connectivity index (χ1) is 34.6. The van der Waals surface area contributed by atoms with Crippen LogP contribution in [0.15, 0.2) is 150 Å². The van der Waals surface area contributed by atoms with Gasteiger partial charge >= 0.3 is 0 Å². The van der Waals surface area contributed by atoms with Gasteiger partial charge in [-0.2, -0.15) is 0 Å². The highest BCUT2D eigenvalue weighted by Gasteiger charge is 2.48. The molecule has 3 aliphatic rings. The molecule has 2 aromatic heterocycles. The number of hydrogen-bond donors (Lipinski definition) is 0. The lowest BCUT2D eigenvalue weighted by Gasteiger charge is -2.42. The average Bonchev–Trinajstić information content (AvgIpc) is 3.97. The van der Waals surface area contributed by atoms with Gasteiger partial charge in [0.2, 0.25) is 0 Å². The molecule has 13 rings (SSSR count). The standard InChI is InChI=1S/C68H66BN3O/c1-39-32-57-61-58(33-39)72-62-49(60-48-21-15-17-23-50(48)68(13,14)64(60)72)36-44(67(10,11)12)37-52(62)69(61)51-29-28-45(38-56(51)71(57)55-24-19-22-47-46-20-16-18-25-59(46)73-63(47)55)70(53-30-26-42(34-40(53)2)65(4,5)6)54-31-27-43(35-41(54)3)66(7,8)9/h15-38H,1-14H3. The molecule has 0 unspecified atom stereocenters. The lowest BCUT2D eigenvalue weighted by molar-refractivity contribution is 0.590. The first-order valence-electron chi connectivity index (χ1n) is 26.5. The minimum Gasteiger partial charge on any atom is -0.454 e. The fourth-order valence-corrected chi connectivity index (χ4v) is 13.0. The zero-order valence-electron chi connectivity index (χ0n) is 45.2. The van der Waals surface area contributed by atoms with Gasteiger partial charge in [-0.05, 0) is 153 Å². The van der Waals surface area contributed by atoms with Gasteiger partial charge in [0.05, 0.1) is 5.69 Å². The Balaban J connectivity index is 1.15. The van der Waals surface area contributed by atoms with Gasteiger partial charge in [0, 0.05) is 72.5 Å². The van der Waals surface area contributed by atoms with E-state index < -0.39 is 0 Å². The number of anilines is 6. The monoisotopic (exact) mass is 952 g/mol. The molecule has 0 fully saturated rings. The van der Waals surface area contributed by atoms with Crippen molar-refractivity contribution in [1.29, 1.82) is 0 Å². The number of hydrogen-bond acceptors (Lipinski definition) is 3. The molecule has 0 N–H and O–H groups in total. The van der Waals surface area contributed by atoms with Crippen LogP contribution in [0.3, 0.4) is 0 Å². The molecule has 362 valence electrons. The highest BCUT2D eigenvalue weighted by molar-refractivity contribution is 7.00. The summed E-state index contributed by atoms with van der Waals surface area (Å²) in [6.45, 7) is 32.6. The Morgan fingerprint density at radius 2 is 1.15 bits per heavy atom. The summed E-state index contributed by atoms with van der Waals surface area (Å²) in [6.07, 6.45) is 0. The predicted molar refractivity (Wildman–Crippen MR) is 312 cm³/mol. The van der Waals surface area contributed by atoms with Crippen LogP contribution in [0.5, 0.6) is 0 Å². The number of rotatable bonds is 4. The van der Waals surface area contributed by atoms with Gasteiger partial charge in [-0.3, -0.25) is 0 Å². The van der Waals surface area contributed by atoms with Gasteiger partial charge in [0.25, 0.3) is 6.71 Å². The number of aromatic nitrogens is 1. The average molecular weight is 952 g/mol. The second-order valence-electron chi connectivity index (χ2n) is 25.3. The van der Waals surface area contributed by atoms with Crippen LogP contribution in [-0.4, -0.2) is 11.3 Å². The zero-order valence-corrected chi connectivity index (χ0v) is 45.2. The molecule has 4 nitrogen and oxygen atoms in total. The van der Waals surface area contributed by atoms with E-state index in [4.69, 9.17) is 4.42 Å². The van der Waals surface area contributed by atoms with E-state index in [1.165, 1.54) is 106 Å². The first-order valence-corrected chi connectivity index (χ1v) is 26.5. The third kappa shape index (κ3) is 6.52. The number of nitrogens with zero attached hydrogens (tertiary/aromatic N) is 3. The fourth-order valence-electron chi connectivity index (χ4n) is 13.0. The van der Waals surface area contributed by atoms with E-state index in [0.29, 0.717) is 0 Å². The molecule has 5 heteroatoms. The van der Waals surface area contributed by atoms with Crippen molar-refractivity contribution in [2.75, 3.05) is 9.80 Å². The highest BCUT2D eigenvalue weighted by Crippen LogP contribution is 2.56. The van der Waals surface area contributed by atoms with Crippen LogP contribution >= 0.6 is 0 Å². The van der Waals surface area contributed by atoms with Crippen molar-refractivity contribution in [1.82, 2.24) is 4.57 Å². The lowest BCUT2D eigenvalue weighted by Crippen LogP contribution is -2.61. The maximum Gasteiger partial charge on any atom is 0.252 e. The van der Waals surface area contributed by atoms with Crippen LogP contribution in [0.2, 0.25) is 0 Å². The fraction of sp³-hybridized carbons (Fsp3) is 0.265. The molecule has 0 saturated heterocycles. The quantitative estimate of drug-likeness (QED) is 0.164. The molecule has 0 spiro atoms. The number of aryl methyl sites for hydroxylation is 3. The van der Waals surface area contributed by atoms with Crippen molar-refractivity contribution in [2.24, 2.45) is 0 Å². The first kappa shape index (κ1) is 45.6. The minimum absolute atomic E-state index is 0.0155. The molecule has 73 heavy (non-hydrogen) atoms. The van der Waals surface area contributed by atoms with Crippen LogP contribution in [0.25, 0.3) is 49.7 Å². The highest BCUT2D eigenvalue weighted by atomic mass is 16.3. The van der Waals surface area contributed by atoms with E-state index in [0.717, 1.165) is 39.0 Å². The molecule has 0 radical (unpaired) electrons. The molecule has 0 saturated carbocycles.